The van der Waals surface area contributed by atoms with Gasteiger partial charge in [-0.2, -0.15) is 0 Å². The second kappa shape index (κ2) is 3.36. The van der Waals surface area contributed by atoms with Gasteiger partial charge in [-0.1, -0.05) is 12.0 Å². The van der Waals surface area contributed by atoms with Crippen LogP contribution in [-0.2, 0) is 0 Å². The number of nitrogens with zero attached hydrogens (tertiary/aromatic N) is 1. The van der Waals surface area contributed by atoms with E-state index < -0.39 is 0 Å². The zero-order chi connectivity index (χ0) is 9.26. The number of nitrogens with two attached hydrogens (primary N) is 1. The fraction of sp³-hybridized carbons (Fsp3) is 0.545. The van der Waals surface area contributed by atoms with Crippen molar-refractivity contribution in [2.45, 2.75) is 32.1 Å². The highest BCUT2D eigenvalue weighted by molar-refractivity contribution is 5.38. The molecule has 0 heterocycles. The summed E-state index contributed by atoms with van der Waals surface area (Å²) in [6, 6.07) is 0. The molecule has 1 fully saturated rings. The van der Waals surface area contributed by atoms with E-state index in [0.29, 0.717) is 5.92 Å². The Morgan fingerprint density at radius 1 is 1.46 bits per heavy atom. The third-order valence-corrected chi connectivity index (χ3v) is 3.10. The summed E-state index contributed by atoms with van der Waals surface area (Å²) in [4.78, 5) is 3.98. The summed E-state index contributed by atoms with van der Waals surface area (Å²) in [5, 5.41) is 0. The van der Waals surface area contributed by atoms with Crippen LogP contribution >= 0.6 is 0 Å². The first-order valence-corrected chi connectivity index (χ1v) is 4.97. The third-order valence-electron chi connectivity index (χ3n) is 3.10. The van der Waals surface area contributed by atoms with Crippen molar-refractivity contribution in [3.05, 3.63) is 23.0 Å². The van der Waals surface area contributed by atoms with E-state index in [4.69, 9.17) is 5.73 Å². The second-order valence-corrected chi connectivity index (χ2v) is 3.93. The third kappa shape index (κ3) is 1.53. The molecule has 0 bridgehead atoms. The van der Waals surface area contributed by atoms with Crippen LogP contribution in [0.1, 0.15) is 32.1 Å². The Bertz CT molecular complexity index is 286. The van der Waals surface area contributed by atoms with E-state index in [2.05, 4.69) is 17.8 Å². The zero-order valence-corrected chi connectivity index (χ0v) is 7.92. The van der Waals surface area contributed by atoms with E-state index in [9.17, 15) is 0 Å². The molecule has 0 spiro atoms. The SMILES string of the molecule is C=NC1=C(N)C=C2CCCCC2C1. The van der Waals surface area contributed by atoms with E-state index >= 15 is 0 Å². The molecule has 1 saturated carbocycles. The molecular weight excluding hydrogens is 160 g/mol. The lowest BCUT2D eigenvalue weighted by atomic mass is 9.78. The van der Waals surface area contributed by atoms with Crippen LogP contribution in [0.15, 0.2) is 28.0 Å². The van der Waals surface area contributed by atoms with Gasteiger partial charge in [-0.3, -0.25) is 4.99 Å². The van der Waals surface area contributed by atoms with Gasteiger partial charge >= 0.3 is 0 Å². The first kappa shape index (κ1) is 8.54. The van der Waals surface area contributed by atoms with Crippen LogP contribution < -0.4 is 5.73 Å². The van der Waals surface area contributed by atoms with Crippen molar-refractivity contribution in [3.63, 3.8) is 0 Å². The summed E-state index contributed by atoms with van der Waals surface area (Å²) in [6.45, 7) is 3.56. The van der Waals surface area contributed by atoms with Crippen molar-refractivity contribution >= 4 is 6.72 Å². The van der Waals surface area contributed by atoms with E-state index in [1.165, 1.54) is 31.3 Å². The van der Waals surface area contributed by atoms with E-state index in [1.807, 2.05) is 0 Å². The Labute approximate surface area is 79.2 Å². The van der Waals surface area contributed by atoms with Crippen molar-refractivity contribution in [2.75, 3.05) is 0 Å². The number of allylic oxidation sites excluding steroid dienone is 3. The summed E-state index contributed by atoms with van der Waals surface area (Å²) in [5.41, 5.74) is 9.24. The summed E-state index contributed by atoms with van der Waals surface area (Å²) >= 11 is 0. The standard InChI is InChI=1S/C11H16N2/c1-13-11-7-9-5-3-2-4-8(9)6-10(11)12/h6,9H,1-5,7,12H2. The Balaban J connectivity index is 2.26. The van der Waals surface area contributed by atoms with Crippen LogP contribution in [0.3, 0.4) is 0 Å². The zero-order valence-electron chi connectivity index (χ0n) is 7.92. The van der Waals surface area contributed by atoms with Gasteiger partial charge in [-0.05, 0) is 44.4 Å². The maximum absolute atomic E-state index is 5.87. The number of fused-ring (bicyclic) bond motifs is 1. The molecule has 1 atom stereocenters. The average molecular weight is 176 g/mol. The summed E-state index contributed by atoms with van der Waals surface area (Å²) in [6.07, 6.45) is 8.35. The van der Waals surface area contributed by atoms with Gasteiger partial charge < -0.3 is 5.73 Å². The van der Waals surface area contributed by atoms with E-state index in [-0.39, 0.29) is 0 Å². The van der Waals surface area contributed by atoms with Crippen molar-refractivity contribution < 1.29 is 0 Å². The topological polar surface area (TPSA) is 38.4 Å². The molecule has 2 N–H and O–H groups in total. The Kier molecular flexibility index (Phi) is 2.21. The van der Waals surface area contributed by atoms with Crippen LogP contribution in [0.4, 0.5) is 0 Å². The maximum Gasteiger partial charge on any atom is 0.0631 e. The molecule has 0 aromatic carbocycles. The van der Waals surface area contributed by atoms with Gasteiger partial charge in [0.25, 0.3) is 0 Å². The van der Waals surface area contributed by atoms with Crippen LogP contribution in [0.2, 0.25) is 0 Å². The molecule has 13 heavy (non-hydrogen) atoms. The predicted octanol–water partition coefficient (Wildman–Crippen LogP) is 2.38. The van der Waals surface area contributed by atoms with Crippen LogP contribution in [0.25, 0.3) is 0 Å². The molecule has 0 aliphatic heterocycles. The van der Waals surface area contributed by atoms with Gasteiger partial charge in [-0.25, -0.2) is 0 Å². The highest BCUT2D eigenvalue weighted by atomic mass is 14.8. The minimum Gasteiger partial charge on any atom is -0.397 e. The smallest absolute Gasteiger partial charge is 0.0631 e. The van der Waals surface area contributed by atoms with Gasteiger partial charge in [-0.15, -0.1) is 0 Å². The lowest BCUT2D eigenvalue weighted by Gasteiger charge is -2.29. The number of hydrogen-bond donors (Lipinski definition) is 1. The van der Waals surface area contributed by atoms with Gasteiger partial charge in [0.05, 0.1) is 11.4 Å². The average Bonchev–Trinajstić information content (AvgIpc) is 2.17. The monoisotopic (exact) mass is 176 g/mol. The number of aliphatic imine (C=N–C) groups is 1. The van der Waals surface area contributed by atoms with Gasteiger partial charge in [0.2, 0.25) is 0 Å². The molecule has 70 valence electrons. The van der Waals surface area contributed by atoms with Gasteiger partial charge in [0.15, 0.2) is 0 Å². The Morgan fingerprint density at radius 2 is 2.31 bits per heavy atom. The summed E-state index contributed by atoms with van der Waals surface area (Å²) < 4.78 is 0. The predicted molar refractivity (Wildman–Crippen MR) is 55.4 cm³/mol. The minimum atomic E-state index is 0.710. The van der Waals surface area contributed by atoms with Crippen LogP contribution in [0.5, 0.6) is 0 Å². The molecule has 2 aliphatic rings. The quantitative estimate of drug-likeness (QED) is 0.612. The summed E-state index contributed by atoms with van der Waals surface area (Å²) in [5.74, 6) is 0.710. The molecule has 0 saturated heterocycles. The van der Waals surface area contributed by atoms with Crippen LogP contribution in [-0.4, -0.2) is 6.72 Å². The Hall–Kier alpha value is -1.05. The van der Waals surface area contributed by atoms with Crippen molar-refractivity contribution in [3.8, 4) is 0 Å². The number of hydrogen-bond acceptors (Lipinski definition) is 2. The molecule has 2 aliphatic carbocycles. The molecule has 0 radical (unpaired) electrons. The minimum absolute atomic E-state index is 0.710. The van der Waals surface area contributed by atoms with E-state index in [1.54, 1.807) is 0 Å². The lowest BCUT2D eigenvalue weighted by molar-refractivity contribution is 0.442. The number of rotatable bonds is 1. The highest BCUT2D eigenvalue weighted by Gasteiger charge is 2.24. The van der Waals surface area contributed by atoms with E-state index in [0.717, 1.165) is 17.8 Å². The van der Waals surface area contributed by atoms with Gasteiger partial charge in [0, 0.05) is 0 Å². The second-order valence-electron chi connectivity index (χ2n) is 3.93. The Morgan fingerprint density at radius 3 is 3.08 bits per heavy atom. The van der Waals surface area contributed by atoms with Crippen LogP contribution in [0, 0.1) is 5.92 Å². The molecule has 0 amide bonds. The van der Waals surface area contributed by atoms with Crippen molar-refractivity contribution in [2.24, 2.45) is 16.6 Å². The first-order chi connectivity index (χ1) is 6.31. The normalized spacial score (nSPS) is 28.0. The molecule has 2 rings (SSSR count). The molecule has 1 unspecified atom stereocenters. The molecule has 2 nitrogen and oxygen atoms in total. The molecule has 0 aromatic rings. The lowest BCUT2D eigenvalue weighted by Crippen LogP contribution is -2.17. The van der Waals surface area contributed by atoms with Crippen molar-refractivity contribution in [1.82, 2.24) is 0 Å². The first-order valence-electron chi connectivity index (χ1n) is 4.97. The molecule has 2 heteroatoms. The molecule has 0 aromatic heterocycles. The highest BCUT2D eigenvalue weighted by Crippen LogP contribution is 2.37. The molecular formula is C11H16N2. The largest absolute Gasteiger partial charge is 0.397 e. The van der Waals surface area contributed by atoms with Crippen molar-refractivity contribution in [1.29, 1.82) is 0 Å². The fourth-order valence-corrected chi connectivity index (χ4v) is 2.32. The van der Waals surface area contributed by atoms with Gasteiger partial charge in [0.1, 0.15) is 0 Å². The summed E-state index contributed by atoms with van der Waals surface area (Å²) in [7, 11) is 0. The fourth-order valence-electron chi connectivity index (χ4n) is 2.32. The maximum atomic E-state index is 5.87.